The van der Waals surface area contributed by atoms with Gasteiger partial charge in [0.25, 0.3) is 0 Å². The quantitative estimate of drug-likeness (QED) is 0.423. The van der Waals surface area contributed by atoms with Gasteiger partial charge in [0.05, 0.1) is 0 Å². The van der Waals surface area contributed by atoms with Crippen LogP contribution in [0.4, 0.5) is 0 Å². The third-order valence-electron chi connectivity index (χ3n) is 5.95. The molecule has 32 heavy (non-hydrogen) atoms. The van der Waals surface area contributed by atoms with Gasteiger partial charge >= 0.3 is 5.97 Å². The second kappa shape index (κ2) is 8.89. The number of Topliss-reactive ketones (excluding diaryl/α,β-unsaturated/α-hetero) is 2. The van der Waals surface area contributed by atoms with E-state index in [4.69, 9.17) is 4.74 Å². The van der Waals surface area contributed by atoms with Crippen molar-refractivity contribution in [2.75, 3.05) is 27.2 Å². The van der Waals surface area contributed by atoms with Crippen LogP contribution in [0.3, 0.4) is 0 Å². The minimum absolute atomic E-state index is 0.162. The third kappa shape index (κ3) is 3.55. The smallest absolute Gasteiger partial charge is 0.315 e. The maximum atomic E-state index is 14.0. The summed E-state index contributed by atoms with van der Waals surface area (Å²) in [4.78, 5) is 43.5. The highest BCUT2D eigenvalue weighted by atomic mass is 16.5. The minimum Gasteiger partial charge on any atom is -0.464 e. The van der Waals surface area contributed by atoms with E-state index in [0.717, 1.165) is 0 Å². The first-order valence-corrected chi connectivity index (χ1v) is 10.6. The van der Waals surface area contributed by atoms with Gasteiger partial charge in [-0.2, -0.15) is 0 Å². The number of rotatable bonds is 7. The molecule has 0 fully saturated rings. The molecule has 1 aliphatic carbocycles. The fraction of sp³-hybridized carbons (Fsp3) is 0.222. The SMILES string of the molecule is CN(C)CCOC(=O)C(c1ccccc1)C1(c2ccccc2)C(=O)c2ccccc2C1=O. The van der Waals surface area contributed by atoms with Crippen LogP contribution in [0.5, 0.6) is 0 Å². The summed E-state index contributed by atoms with van der Waals surface area (Å²) in [5.74, 6) is -2.44. The van der Waals surface area contributed by atoms with Gasteiger partial charge in [0.2, 0.25) is 0 Å². The lowest BCUT2D eigenvalue weighted by Gasteiger charge is -2.34. The van der Waals surface area contributed by atoms with Crippen LogP contribution in [-0.2, 0) is 14.9 Å². The van der Waals surface area contributed by atoms with E-state index in [1.54, 1.807) is 72.8 Å². The molecule has 0 bridgehead atoms. The van der Waals surface area contributed by atoms with Gasteiger partial charge in [0.15, 0.2) is 11.6 Å². The normalized spacial score (nSPS) is 15.5. The van der Waals surface area contributed by atoms with E-state index in [1.807, 2.05) is 31.1 Å². The van der Waals surface area contributed by atoms with Crippen LogP contribution in [0.1, 0.15) is 37.8 Å². The third-order valence-corrected chi connectivity index (χ3v) is 5.95. The summed E-state index contributed by atoms with van der Waals surface area (Å²) in [7, 11) is 3.77. The monoisotopic (exact) mass is 427 g/mol. The predicted octanol–water partition coefficient (Wildman–Crippen LogP) is 3.89. The summed E-state index contributed by atoms with van der Waals surface area (Å²) in [6, 6.07) is 24.6. The number of hydrogen-bond acceptors (Lipinski definition) is 5. The van der Waals surface area contributed by atoms with Crippen LogP contribution >= 0.6 is 0 Å². The number of esters is 1. The van der Waals surface area contributed by atoms with Crippen LogP contribution < -0.4 is 0 Å². The fourth-order valence-corrected chi connectivity index (χ4v) is 4.42. The minimum atomic E-state index is -1.72. The molecule has 0 N–H and O–H groups in total. The average Bonchev–Trinajstić information content (AvgIpc) is 3.03. The summed E-state index contributed by atoms with van der Waals surface area (Å²) in [6.45, 7) is 0.697. The number of ketones is 2. The largest absolute Gasteiger partial charge is 0.464 e. The first-order chi connectivity index (χ1) is 15.5. The molecule has 1 atom stereocenters. The molecule has 0 heterocycles. The summed E-state index contributed by atoms with van der Waals surface area (Å²) in [5.41, 5.74) is 0.0127. The van der Waals surface area contributed by atoms with Crippen LogP contribution in [-0.4, -0.2) is 49.7 Å². The Morgan fingerprint density at radius 3 is 1.84 bits per heavy atom. The van der Waals surface area contributed by atoms with Gasteiger partial charge in [-0.15, -0.1) is 0 Å². The van der Waals surface area contributed by atoms with Crippen molar-refractivity contribution in [3.05, 3.63) is 107 Å². The number of likely N-dealkylation sites (N-methyl/N-ethyl adjacent to an activating group) is 1. The molecule has 3 aromatic carbocycles. The van der Waals surface area contributed by atoms with Crippen LogP contribution in [0.2, 0.25) is 0 Å². The Bertz CT molecular complexity index is 1100. The summed E-state index contributed by atoms with van der Waals surface area (Å²) >= 11 is 0. The Balaban J connectivity index is 1.93. The molecular formula is C27H25NO4. The number of carbonyl (C=O) groups excluding carboxylic acids is 3. The van der Waals surface area contributed by atoms with Crippen molar-refractivity contribution in [1.82, 2.24) is 4.90 Å². The van der Waals surface area contributed by atoms with Gasteiger partial charge in [-0.3, -0.25) is 14.4 Å². The lowest BCUT2D eigenvalue weighted by molar-refractivity contribution is -0.146. The highest BCUT2D eigenvalue weighted by Crippen LogP contribution is 2.49. The molecule has 3 aromatic rings. The van der Waals surface area contributed by atoms with Crippen LogP contribution in [0.15, 0.2) is 84.9 Å². The molecule has 4 rings (SSSR count). The van der Waals surface area contributed by atoms with Crippen molar-refractivity contribution in [3.8, 4) is 0 Å². The highest BCUT2D eigenvalue weighted by molar-refractivity contribution is 6.35. The second-order valence-electron chi connectivity index (χ2n) is 8.19. The van der Waals surface area contributed by atoms with Gasteiger partial charge in [0, 0.05) is 17.7 Å². The Hall–Kier alpha value is -3.57. The fourth-order valence-electron chi connectivity index (χ4n) is 4.42. The molecular weight excluding hydrogens is 402 g/mol. The molecule has 1 unspecified atom stereocenters. The first-order valence-electron chi connectivity index (χ1n) is 10.6. The zero-order chi connectivity index (χ0) is 22.7. The van der Waals surface area contributed by atoms with Gasteiger partial charge in [-0.05, 0) is 25.2 Å². The lowest BCUT2D eigenvalue weighted by Crippen LogP contribution is -2.48. The standard InChI is InChI=1S/C27H25NO4/c1-28(2)17-18-32-26(31)23(19-11-5-3-6-12-19)27(20-13-7-4-8-14-20)24(29)21-15-9-10-16-22(21)25(27)30/h3-16,23H,17-18H2,1-2H3. The molecule has 5 heteroatoms. The Labute approximate surface area is 187 Å². The average molecular weight is 428 g/mol. The van der Waals surface area contributed by atoms with Gasteiger partial charge < -0.3 is 9.64 Å². The number of fused-ring (bicyclic) bond motifs is 1. The number of nitrogens with zero attached hydrogens (tertiary/aromatic N) is 1. The summed E-state index contributed by atoms with van der Waals surface area (Å²) < 4.78 is 5.64. The molecule has 1 aliphatic rings. The van der Waals surface area contributed by atoms with E-state index < -0.39 is 17.3 Å². The molecule has 162 valence electrons. The van der Waals surface area contributed by atoms with Crippen molar-refractivity contribution < 1.29 is 19.1 Å². The molecule has 0 radical (unpaired) electrons. The van der Waals surface area contributed by atoms with Crippen LogP contribution in [0.25, 0.3) is 0 Å². The lowest BCUT2D eigenvalue weighted by atomic mass is 9.64. The number of benzene rings is 3. The van der Waals surface area contributed by atoms with E-state index in [1.165, 1.54) is 0 Å². The Morgan fingerprint density at radius 1 is 0.812 bits per heavy atom. The predicted molar refractivity (Wildman–Crippen MR) is 122 cm³/mol. The van der Waals surface area contributed by atoms with Gasteiger partial charge in [0.1, 0.15) is 17.9 Å². The maximum absolute atomic E-state index is 14.0. The Morgan fingerprint density at radius 2 is 1.31 bits per heavy atom. The van der Waals surface area contributed by atoms with Crippen molar-refractivity contribution in [1.29, 1.82) is 0 Å². The Kier molecular flexibility index (Phi) is 6.01. The van der Waals surface area contributed by atoms with Gasteiger partial charge in [-0.1, -0.05) is 84.9 Å². The van der Waals surface area contributed by atoms with Crippen LogP contribution in [0, 0.1) is 0 Å². The van der Waals surface area contributed by atoms with Gasteiger partial charge in [-0.25, -0.2) is 0 Å². The molecule has 0 aliphatic heterocycles. The molecule has 0 spiro atoms. The number of carbonyl (C=O) groups is 3. The zero-order valence-electron chi connectivity index (χ0n) is 18.2. The van der Waals surface area contributed by atoms with E-state index >= 15 is 0 Å². The molecule has 0 aromatic heterocycles. The van der Waals surface area contributed by atoms with Crippen molar-refractivity contribution in [2.45, 2.75) is 11.3 Å². The summed E-state index contributed by atoms with van der Waals surface area (Å²) in [5, 5.41) is 0. The molecule has 0 amide bonds. The molecule has 0 saturated heterocycles. The van der Waals surface area contributed by atoms with Crippen molar-refractivity contribution in [2.24, 2.45) is 0 Å². The topological polar surface area (TPSA) is 63.7 Å². The highest BCUT2D eigenvalue weighted by Gasteiger charge is 2.61. The molecule has 5 nitrogen and oxygen atoms in total. The number of hydrogen-bond donors (Lipinski definition) is 0. The van der Waals surface area contributed by atoms with Crippen molar-refractivity contribution in [3.63, 3.8) is 0 Å². The van der Waals surface area contributed by atoms with E-state index in [-0.39, 0.29) is 18.2 Å². The number of ether oxygens (including phenoxy) is 1. The first kappa shape index (κ1) is 21.7. The van der Waals surface area contributed by atoms with E-state index in [2.05, 4.69) is 0 Å². The second-order valence-corrected chi connectivity index (χ2v) is 8.19. The van der Waals surface area contributed by atoms with E-state index in [9.17, 15) is 14.4 Å². The van der Waals surface area contributed by atoms with E-state index in [0.29, 0.717) is 28.8 Å². The zero-order valence-corrected chi connectivity index (χ0v) is 18.2. The maximum Gasteiger partial charge on any atom is 0.315 e. The molecule has 0 saturated carbocycles. The summed E-state index contributed by atoms with van der Waals surface area (Å²) in [6.07, 6.45) is 0. The van der Waals surface area contributed by atoms with Crippen molar-refractivity contribution >= 4 is 17.5 Å².